The Kier molecular flexibility index (Phi) is 3.87. The van der Waals surface area contributed by atoms with Gasteiger partial charge >= 0.3 is 0 Å². The van der Waals surface area contributed by atoms with Crippen LogP contribution in [0.4, 0.5) is 0 Å². The zero-order chi connectivity index (χ0) is 11.3. The van der Waals surface area contributed by atoms with Crippen LogP contribution in [-0.4, -0.2) is 24.4 Å². The van der Waals surface area contributed by atoms with Crippen LogP contribution in [0.25, 0.3) is 0 Å². The van der Waals surface area contributed by atoms with Gasteiger partial charge in [0.1, 0.15) is 0 Å². The van der Waals surface area contributed by atoms with Gasteiger partial charge in [-0.3, -0.25) is 4.79 Å². The summed E-state index contributed by atoms with van der Waals surface area (Å²) >= 11 is 0. The number of rotatable bonds is 3. The molecule has 0 fully saturated rings. The molecule has 0 N–H and O–H groups in total. The van der Waals surface area contributed by atoms with Crippen molar-refractivity contribution in [1.29, 1.82) is 5.26 Å². The number of nitriles is 1. The number of amides is 1. The van der Waals surface area contributed by atoms with Gasteiger partial charge in [0.25, 0.3) is 5.91 Å². The minimum atomic E-state index is -0.0334. The normalized spacial score (nSPS) is 9.40. The van der Waals surface area contributed by atoms with Gasteiger partial charge in [0.2, 0.25) is 0 Å². The first-order chi connectivity index (χ1) is 7.15. The summed E-state index contributed by atoms with van der Waals surface area (Å²) < 4.78 is 0. The Labute approximate surface area is 89.9 Å². The Bertz CT molecular complexity index is 393. The number of benzene rings is 1. The van der Waals surface area contributed by atoms with Gasteiger partial charge in [-0.15, -0.1) is 0 Å². The predicted molar refractivity (Wildman–Crippen MR) is 58.4 cm³/mol. The molecule has 0 aliphatic rings. The van der Waals surface area contributed by atoms with Crippen LogP contribution in [0.5, 0.6) is 0 Å². The maximum atomic E-state index is 11.8. The van der Waals surface area contributed by atoms with Gasteiger partial charge < -0.3 is 4.90 Å². The fourth-order valence-electron chi connectivity index (χ4n) is 1.32. The molecule has 0 unspecified atom stereocenters. The van der Waals surface area contributed by atoms with Crippen molar-refractivity contribution in [3.05, 3.63) is 35.4 Å². The van der Waals surface area contributed by atoms with E-state index in [1.807, 2.05) is 31.2 Å². The maximum absolute atomic E-state index is 11.8. The minimum Gasteiger partial charge on any atom is -0.341 e. The van der Waals surface area contributed by atoms with Crippen LogP contribution < -0.4 is 0 Å². The lowest BCUT2D eigenvalue weighted by Gasteiger charge is -2.15. The molecule has 0 aromatic heterocycles. The summed E-state index contributed by atoms with van der Waals surface area (Å²) in [6.07, 6.45) is 0.369. The summed E-state index contributed by atoms with van der Waals surface area (Å²) in [4.78, 5) is 13.4. The molecule has 3 nitrogen and oxygen atoms in total. The molecule has 3 heteroatoms. The number of carbonyl (C=O) groups is 1. The van der Waals surface area contributed by atoms with Crippen molar-refractivity contribution in [1.82, 2.24) is 4.90 Å². The van der Waals surface area contributed by atoms with E-state index in [9.17, 15) is 4.79 Å². The van der Waals surface area contributed by atoms with Gasteiger partial charge in [-0.2, -0.15) is 5.26 Å². The first kappa shape index (κ1) is 11.3. The Morgan fingerprint density at radius 3 is 2.87 bits per heavy atom. The van der Waals surface area contributed by atoms with Crippen molar-refractivity contribution >= 4 is 5.91 Å². The Balaban J connectivity index is 2.72. The van der Waals surface area contributed by atoms with Crippen molar-refractivity contribution < 1.29 is 4.79 Å². The third kappa shape index (κ3) is 3.10. The first-order valence-electron chi connectivity index (χ1n) is 4.84. The number of carbonyl (C=O) groups excluding carboxylic acids is 1. The van der Waals surface area contributed by atoms with Crippen LogP contribution in [0.3, 0.4) is 0 Å². The van der Waals surface area contributed by atoms with E-state index in [1.165, 1.54) is 0 Å². The van der Waals surface area contributed by atoms with Gasteiger partial charge in [0.05, 0.1) is 12.5 Å². The largest absolute Gasteiger partial charge is 0.341 e. The Morgan fingerprint density at radius 2 is 2.27 bits per heavy atom. The Hall–Kier alpha value is -1.82. The monoisotopic (exact) mass is 202 g/mol. The zero-order valence-electron chi connectivity index (χ0n) is 9.03. The number of nitrogens with zero attached hydrogens (tertiary/aromatic N) is 2. The molecule has 78 valence electrons. The second-order valence-corrected chi connectivity index (χ2v) is 3.50. The molecular formula is C12H14N2O. The summed E-state index contributed by atoms with van der Waals surface area (Å²) in [5.74, 6) is -0.0334. The molecule has 1 aromatic rings. The molecule has 0 aliphatic heterocycles. The second kappa shape index (κ2) is 5.16. The summed E-state index contributed by atoms with van der Waals surface area (Å²) in [6.45, 7) is 2.43. The maximum Gasteiger partial charge on any atom is 0.253 e. The van der Waals surface area contributed by atoms with Crippen LogP contribution in [0.1, 0.15) is 22.3 Å². The molecule has 0 bridgehead atoms. The lowest BCUT2D eigenvalue weighted by Crippen LogP contribution is -2.27. The molecule has 1 rings (SSSR count). The smallest absolute Gasteiger partial charge is 0.253 e. The second-order valence-electron chi connectivity index (χ2n) is 3.50. The van der Waals surface area contributed by atoms with E-state index in [1.54, 1.807) is 18.0 Å². The first-order valence-corrected chi connectivity index (χ1v) is 4.84. The molecule has 0 saturated carbocycles. The van der Waals surface area contributed by atoms with Gasteiger partial charge in [-0.25, -0.2) is 0 Å². The van der Waals surface area contributed by atoms with Gasteiger partial charge in [0.15, 0.2) is 0 Å². The van der Waals surface area contributed by atoms with Crippen LogP contribution in [0, 0.1) is 18.3 Å². The number of aryl methyl sites for hydroxylation is 1. The molecule has 1 aromatic carbocycles. The van der Waals surface area contributed by atoms with Crippen LogP contribution in [-0.2, 0) is 0 Å². The summed E-state index contributed by atoms with van der Waals surface area (Å²) in [5, 5.41) is 8.42. The van der Waals surface area contributed by atoms with E-state index >= 15 is 0 Å². The fraction of sp³-hybridized carbons (Fsp3) is 0.333. The Morgan fingerprint density at radius 1 is 1.53 bits per heavy atom. The van der Waals surface area contributed by atoms with E-state index in [0.29, 0.717) is 18.5 Å². The van der Waals surface area contributed by atoms with E-state index in [0.717, 1.165) is 5.56 Å². The van der Waals surface area contributed by atoms with Gasteiger partial charge in [0, 0.05) is 19.2 Å². The van der Waals surface area contributed by atoms with Crippen LogP contribution >= 0.6 is 0 Å². The highest BCUT2D eigenvalue weighted by atomic mass is 16.2. The highest BCUT2D eigenvalue weighted by Crippen LogP contribution is 2.06. The fourth-order valence-corrected chi connectivity index (χ4v) is 1.32. The van der Waals surface area contributed by atoms with Crippen LogP contribution in [0.2, 0.25) is 0 Å². The lowest BCUT2D eigenvalue weighted by molar-refractivity contribution is 0.0798. The molecule has 15 heavy (non-hydrogen) atoms. The van der Waals surface area contributed by atoms with Gasteiger partial charge in [-0.1, -0.05) is 17.7 Å². The zero-order valence-corrected chi connectivity index (χ0v) is 9.03. The summed E-state index contributed by atoms with van der Waals surface area (Å²) in [7, 11) is 1.71. The SMILES string of the molecule is Cc1cccc(C(=O)N(C)CCC#N)c1. The molecule has 1 amide bonds. The van der Waals surface area contributed by atoms with Crippen molar-refractivity contribution in [2.24, 2.45) is 0 Å². The quantitative estimate of drug-likeness (QED) is 0.752. The molecule has 0 spiro atoms. The van der Waals surface area contributed by atoms with E-state index in [2.05, 4.69) is 0 Å². The van der Waals surface area contributed by atoms with E-state index in [4.69, 9.17) is 5.26 Å². The van der Waals surface area contributed by atoms with Crippen LogP contribution in [0.15, 0.2) is 24.3 Å². The van der Waals surface area contributed by atoms with Crippen molar-refractivity contribution in [2.45, 2.75) is 13.3 Å². The molecule has 0 heterocycles. The third-order valence-electron chi connectivity index (χ3n) is 2.17. The minimum absolute atomic E-state index is 0.0334. The highest BCUT2D eigenvalue weighted by molar-refractivity contribution is 5.94. The van der Waals surface area contributed by atoms with E-state index < -0.39 is 0 Å². The number of hydrogen-bond donors (Lipinski definition) is 0. The topological polar surface area (TPSA) is 44.1 Å². The summed E-state index contributed by atoms with van der Waals surface area (Å²) in [6, 6.07) is 9.48. The van der Waals surface area contributed by atoms with Crippen molar-refractivity contribution in [2.75, 3.05) is 13.6 Å². The number of hydrogen-bond acceptors (Lipinski definition) is 2. The average molecular weight is 202 g/mol. The summed E-state index contributed by atoms with van der Waals surface area (Å²) in [5.41, 5.74) is 1.74. The molecule has 0 radical (unpaired) electrons. The molecular weight excluding hydrogens is 188 g/mol. The lowest BCUT2D eigenvalue weighted by atomic mass is 10.1. The predicted octanol–water partition coefficient (Wildman–Crippen LogP) is 1.98. The van der Waals surface area contributed by atoms with Crippen molar-refractivity contribution in [3.8, 4) is 6.07 Å². The highest BCUT2D eigenvalue weighted by Gasteiger charge is 2.10. The van der Waals surface area contributed by atoms with Gasteiger partial charge in [-0.05, 0) is 19.1 Å². The molecule has 0 aliphatic carbocycles. The molecule has 0 atom stereocenters. The van der Waals surface area contributed by atoms with Crippen molar-refractivity contribution in [3.63, 3.8) is 0 Å². The standard InChI is InChI=1S/C12H14N2O/c1-10-5-3-6-11(9-10)12(15)14(2)8-4-7-13/h3,5-6,9H,4,8H2,1-2H3. The van der Waals surface area contributed by atoms with E-state index in [-0.39, 0.29) is 5.91 Å². The third-order valence-corrected chi connectivity index (χ3v) is 2.17. The molecule has 0 saturated heterocycles. The average Bonchev–Trinajstić information content (AvgIpc) is 2.24.